The number of aryl methyl sites for hydroxylation is 2. The van der Waals surface area contributed by atoms with Gasteiger partial charge < -0.3 is 5.32 Å². The van der Waals surface area contributed by atoms with Gasteiger partial charge in [-0.15, -0.1) is 11.8 Å². The number of hydrogen-bond donors (Lipinski definition) is 1. The van der Waals surface area contributed by atoms with Gasteiger partial charge in [0.2, 0.25) is 0 Å². The standard InChI is InChI=1S/C17H17F2NOS/c1-11-3-4-16(7-12(11)2)22-6-5-20-17(21)13-8-14(18)10-15(19)9-13/h3-4,7-10H,5-6H2,1-2H3,(H,20,21). The topological polar surface area (TPSA) is 29.1 Å². The van der Waals surface area contributed by atoms with E-state index in [9.17, 15) is 13.6 Å². The van der Waals surface area contributed by atoms with E-state index in [2.05, 4.69) is 31.3 Å². The summed E-state index contributed by atoms with van der Waals surface area (Å²) in [6.45, 7) is 4.54. The SMILES string of the molecule is Cc1ccc(SCCNC(=O)c2cc(F)cc(F)c2)cc1C. The summed E-state index contributed by atoms with van der Waals surface area (Å²) in [7, 11) is 0. The molecule has 0 aromatic heterocycles. The van der Waals surface area contributed by atoms with Crippen molar-refractivity contribution in [3.05, 3.63) is 64.7 Å². The van der Waals surface area contributed by atoms with Crippen molar-refractivity contribution in [2.24, 2.45) is 0 Å². The molecule has 0 saturated carbocycles. The first-order valence-corrected chi connectivity index (χ1v) is 7.88. The molecule has 0 atom stereocenters. The number of halogens is 2. The first-order chi connectivity index (χ1) is 10.5. The molecule has 0 bridgehead atoms. The van der Waals surface area contributed by atoms with Gasteiger partial charge in [0.1, 0.15) is 11.6 Å². The maximum Gasteiger partial charge on any atom is 0.251 e. The maximum absolute atomic E-state index is 13.0. The molecule has 0 saturated heterocycles. The molecular weight excluding hydrogens is 304 g/mol. The Kier molecular flexibility index (Phi) is 5.55. The average molecular weight is 321 g/mol. The number of hydrogen-bond acceptors (Lipinski definition) is 2. The van der Waals surface area contributed by atoms with Crippen LogP contribution in [0, 0.1) is 25.5 Å². The van der Waals surface area contributed by atoms with E-state index in [1.807, 2.05) is 6.07 Å². The Morgan fingerprint density at radius 1 is 1.05 bits per heavy atom. The third kappa shape index (κ3) is 4.56. The molecule has 2 aromatic carbocycles. The third-order valence-corrected chi connectivity index (χ3v) is 4.25. The molecule has 0 aliphatic carbocycles. The minimum absolute atomic E-state index is 0.00585. The van der Waals surface area contributed by atoms with Crippen molar-refractivity contribution in [3.8, 4) is 0 Å². The van der Waals surface area contributed by atoms with E-state index in [0.717, 1.165) is 23.1 Å². The number of benzene rings is 2. The molecule has 1 amide bonds. The summed E-state index contributed by atoms with van der Waals surface area (Å²) in [6, 6.07) is 8.99. The molecule has 22 heavy (non-hydrogen) atoms. The Hall–Kier alpha value is -1.88. The first-order valence-electron chi connectivity index (χ1n) is 6.90. The van der Waals surface area contributed by atoms with Gasteiger partial charge in [-0.3, -0.25) is 4.79 Å². The number of thioether (sulfide) groups is 1. The van der Waals surface area contributed by atoms with Crippen molar-refractivity contribution < 1.29 is 13.6 Å². The van der Waals surface area contributed by atoms with E-state index in [4.69, 9.17) is 0 Å². The molecule has 0 spiro atoms. The van der Waals surface area contributed by atoms with Gasteiger partial charge in [-0.25, -0.2) is 8.78 Å². The molecule has 5 heteroatoms. The van der Waals surface area contributed by atoms with Crippen LogP contribution in [0.5, 0.6) is 0 Å². The lowest BCUT2D eigenvalue weighted by atomic mass is 10.1. The molecule has 0 aliphatic rings. The van der Waals surface area contributed by atoms with Crippen LogP contribution in [-0.2, 0) is 0 Å². The van der Waals surface area contributed by atoms with Gasteiger partial charge >= 0.3 is 0 Å². The van der Waals surface area contributed by atoms with E-state index >= 15 is 0 Å². The van der Waals surface area contributed by atoms with Crippen molar-refractivity contribution in [1.29, 1.82) is 0 Å². The van der Waals surface area contributed by atoms with Gasteiger partial charge in [-0.05, 0) is 49.2 Å². The molecule has 0 aliphatic heterocycles. The van der Waals surface area contributed by atoms with Crippen molar-refractivity contribution in [2.75, 3.05) is 12.3 Å². The summed E-state index contributed by atoms with van der Waals surface area (Å²) in [5, 5.41) is 2.66. The number of nitrogens with one attached hydrogen (secondary N) is 1. The van der Waals surface area contributed by atoms with Crippen LogP contribution in [0.4, 0.5) is 8.78 Å². The van der Waals surface area contributed by atoms with Crippen LogP contribution >= 0.6 is 11.8 Å². The lowest BCUT2D eigenvalue weighted by molar-refractivity contribution is 0.0955. The van der Waals surface area contributed by atoms with Gasteiger partial charge in [0, 0.05) is 28.8 Å². The van der Waals surface area contributed by atoms with E-state index in [-0.39, 0.29) is 5.56 Å². The van der Waals surface area contributed by atoms with E-state index in [1.54, 1.807) is 11.8 Å². The molecule has 0 unspecified atom stereocenters. The van der Waals surface area contributed by atoms with E-state index in [0.29, 0.717) is 12.3 Å². The lowest BCUT2D eigenvalue weighted by Gasteiger charge is -2.07. The molecule has 0 heterocycles. The zero-order valence-corrected chi connectivity index (χ0v) is 13.3. The summed E-state index contributed by atoms with van der Waals surface area (Å²) in [4.78, 5) is 12.9. The highest BCUT2D eigenvalue weighted by atomic mass is 32.2. The minimum Gasteiger partial charge on any atom is -0.351 e. The fourth-order valence-electron chi connectivity index (χ4n) is 1.92. The maximum atomic E-state index is 13.0. The zero-order chi connectivity index (χ0) is 16.1. The largest absolute Gasteiger partial charge is 0.351 e. The smallest absolute Gasteiger partial charge is 0.251 e. The van der Waals surface area contributed by atoms with Crippen LogP contribution in [0.3, 0.4) is 0 Å². The molecule has 1 N–H and O–H groups in total. The Bertz CT molecular complexity index is 668. The Labute approximate surface area is 132 Å². The fraction of sp³-hybridized carbons (Fsp3) is 0.235. The molecule has 2 nitrogen and oxygen atoms in total. The van der Waals surface area contributed by atoms with E-state index < -0.39 is 17.5 Å². The second kappa shape index (κ2) is 7.40. The van der Waals surface area contributed by atoms with Crippen LogP contribution in [0.1, 0.15) is 21.5 Å². The normalized spacial score (nSPS) is 10.5. The predicted molar refractivity (Wildman–Crippen MR) is 85.3 cm³/mol. The number of amides is 1. The summed E-state index contributed by atoms with van der Waals surface area (Å²) in [5.74, 6) is -1.30. The van der Waals surface area contributed by atoms with Gasteiger partial charge in [0.15, 0.2) is 0 Å². The minimum atomic E-state index is -0.755. The van der Waals surface area contributed by atoms with Crippen LogP contribution in [0.2, 0.25) is 0 Å². The summed E-state index contributed by atoms with van der Waals surface area (Å²) >= 11 is 1.62. The van der Waals surface area contributed by atoms with Crippen LogP contribution < -0.4 is 5.32 Å². The second-order valence-electron chi connectivity index (χ2n) is 5.01. The molecule has 2 aromatic rings. The predicted octanol–water partition coefficient (Wildman–Crippen LogP) is 4.10. The summed E-state index contributed by atoms with van der Waals surface area (Å²) in [6.07, 6.45) is 0. The highest BCUT2D eigenvalue weighted by molar-refractivity contribution is 7.99. The first kappa shape index (κ1) is 16.5. The number of carbonyl (C=O) groups is 1. The van der Waals surface area contributed by atoms with E-state index in [1.165, 1.54) is 11.1 Å². The third-order valence-electron chi connectivity index (χ3n) is 3.26. The highest BCUT2D eigenvalue weighted by Crippen LogP contribution is 2.20. The molecule has 0 fully saturated rings. The highest BCUT2D eigenvalue weighted by Gasteiger charge is 2.08. The average Bonchev–Trinajstić information content (AvgIpc) is 2.46. The monoisotopic (exact) mass is 321 g/mol. The van der Waals surface area contributed by atoms with Crippen molar-refractivity contribution >= 4 is 17.7 Å². The van der Waals surface area contributed by atoms with Crippen molar-refractivity contribution in [2.45, 2.75) is 18.7 Å². The molecular formula is C17H17F2NOS. The fourth-order valence-corrected chi connectivity index (χ4v) is 2.79. The Balaban J connectivity index is 1.83. The van der Waals surface area contributed by atoms with Crippen molar-refractivity contribution in [3.63, 3.8) is 0 Å². The van der Waals surface area contributed by atoms with Gasteiger partial charge in [0.25, 0.3) is 5.91 Å². The van der Waals surface area contributed by atoms with Crippen LogP contribution in [0.15, 0.2) is 41.3 Å². The number of carbonyl (C=O) groups excluding carboxylic acids is 1. The summed E-state index contributed by atoms with van der Waals surface area (Å²) < 4.78 is 26.1. The van der Waals surface area contributed by atoms with Crippen LogP contribution in [-0.4, -0.2) is 18.2 Å². The quantitative estimate of drug-likeness (QED) is 0.663. The summed E-state index contributed by atoms with van der Waals surface area (Å²) in [5.41, 5.74) is 2.46. The van der Waals surface area contributed by atoms with Crippen LogP contribution in [0.25, 0.3) is 0 Å². The molecule has 116 valence electrons. The zero-order valence-electron chi connectivity index (χ0n) is 12.5. The van der Waals surface area contributed by atoms with Crippen molar-refractivity contribution in [1.82, 2.24) is 5.32 Å². The Morgan fingerprint density at radius 3 is 2.36 bits per heavy atom. The Morgan fingerprint density at radius 2 is 1.73 bits per heavy atom. The molecule has 2 rings (SSSR count). The second-order valence-corrected chi connectivity index (χ2v) is 6.18. The van der Waals surface area contributed by atoms with Gasteiger partial charge in [-0.2, -0.15) is 0 Å². The lowest BCUT2D eigenvalue weighted by Crippen LogP contribution is -2.25. The van der Waals surface area contributed by atoms with Gasteiger partial charge in [0.05, 0.1) is 0 Å². The number of rotatable bonds is 5. The molecule has 0 radical (unpaired) electrons. The van der Waals surface area contributed by atoms with Gasteiger partial charge in [-0.1, -0.05) is 6.07 Å².